The van der Waals surface area contributed by atoms with Crippen molar-refractivity contribution in [3.63, 3.8) is 0 Å². The first-order valence-electron chi connectivity index (χ1n) is 7.60. The molecule has 0 heterocycles. The Balaban J connectivity index is 3.03. The van der Waals surface area contributed by atoms with Crippen molar-refractivity contribution in [2.24, 2.45) is 0 Å². The van der Waals surface area contributed by atoms with Crippen LogP contribution in [0.5, 0.6) is 0 Å². The predicted octanol–water partition coefficient (Wildman–Crippen LogP) is 2.00. The van der Waals surface area contributed by atoms with Crippen LogP contribution in [0.2, 0.25) is 0 Å². The van der Waals surface area contributed by atoms with Gasteiger partial charge in [0.25, 0.3) is 5.69 Å². The summed E-state index contributed by atoms with van der Waals surface area (Å²) in [6.07, 6.45) is -1.32. The van der Waals surface area contributed by atoms with Gasteiger partial charge in [0.15, 0.2) is 0 Å². The summed E-state index contributed by atoms with van der Waals surface area (Å²) in [5, 5.41) is 31.8. The highest BCUT2D eigenvalue weighted by atomic mass is 16.6. The van der Waals surface area contributed by atoms with Crippen LogP contribution in [-0.2, 0) is 22.6 Å². The van der Waals surface area contributed by atoms with Crippen molar-refractivity contribution in [1.82, 2.24) is 5.32 Å². The van der Waals surface area contributed by atoms with Crippen LogP contribution in [0.25, 0.3) is 0 Å². The number of carbonyl (C=O) groups is 2. The highest BCUT2D eigenvalue weighted by Gasteiger charge is 2.24. The van der Waals surface area contributed by atoms with E-state index in [1.807, 2.05) is 0 Å². The number of aliphatic hydroxyl groups excluding tert-OH is 1. The molecule has 0 aliphatic heterocycles. The molecule has 1 amide bonds. The molecule has 0 radical (unpaired) electrons. The number of nitrogens with one attached hydrogen (secondary N) is 1. The van der Waals surface area contributed by atoms with Crippen molar-refractivity contribution in [2.75, 3.05) is 0 Å². The number of ether oxygens (including phenoxy) is 1. The third-order valence-electron chi connectivity index (χ3n) is 3.13. The molecule has 0 saturated carbocycles. The van der Waals surface area contributed by atoms with Gasteiger partial charge in [0.1, 0.15) is 5.60 Å². The Kier molecular flexibility index (Phi) is 6.86. The van der Waals surface area contributed by atoms with E-state index in [9.17, 15) is 24.8 Å². The Morgan fingerprint density at radius 1 is 1.36 bits per heavy atom. The number of amides is 1. The molecule has 0 bridgehead atoms. The summed E-state index contributed by atoms with van der Waals surface area (Å²) >= 11 is 0. The van der Waals surface area contributed by atoms with E-state index in [4.69, 9.17) is 9.84 Å². The van der Waals surface area contributed by atoms with E-state index in [1.165, 1.54) is 18.2 Å². The minimum atomic E-state index is -1.16. The largest absolute Gasteiger partial charge is 0.481 e. The van der Waals surface area contributed by atoms with E-state index >= 15 is 0 Å². The lowest BCUT2D eigenvalue weighted by Crippen LogP contribution is -2.41. The van der Waals surface area contributed by atoms with Gasteiger partial charge in [0, 0.05) is 24.1 Å². The number of nitro benzene ring substituents is 1. The number of hydrogen-bond acceptors (Lipinski definition) is 6. The van der Waals surface area contributed by atoms with Gasteiger partial charge >= 0.3 is 12.1 Å². The third-order valence-corrected chi connectivity index (χ3v) is 3.13. The van der Waals surface area contributed by atoms with Crippen LogP contribution < -0.4 is 5.32 Å². The quantitative estimate of drug-likeness (QED) is 0.502. The third kappa shape index (κ3) is 7.17. The first-order chi connectivity index (χ1) is 11.5. The van der Waals surface area contributed by atoms with Crippen LogP contribution >= 0.6 is 0 Å². The summed E-state index contributed by atoms with van der Waals surface area (Å²) < 4.78 is 5.09. The van der Waals surface area contributed by atoms with Gasteiger partial charge < -0.3 is 20.3 Å². The lowest BCUT2D eigenvalue weighted by molar-refractivity contribution is -0.385. The Hall–Kier alpha value is -2.68. The van der Waals surface area contributed by atoms with Crippen molar-refractivity contribution >= 4 is 17.7 Å². The number of benzene rings is 1. The van der Waals surface area contributed by atoms with E-state index in [2.05, 4.69) is 5.32 Å². The molecular formula is C16H22N2O7. The number of nitro groups is 1. The van der Waals surface area contributed by atoms with Crippen LogP contribution in [0.3, 0.4) is 0 Å². The average Bonchev–Trinajstić information content (AvgIpc) is 2.43. The summed E-state index contributed by atoms with van der Waals surface area (Å²) in [5.41, 5.74) is -0.301. The molecule has 1 rings (SSSR count). The SMILES string of the molecule is CC(C)(C)OC(=O)N[C@H](CC(=O)O)Cc1cc(CO)ccc1[N+](=O)[O-]. The van der Waals surface area contributed by atoms with Gasteiger partial charge in [-0.2, -0.15) is 0 Å². The number of carboxylic acids is 1. The molecule has 1 aromatic carbocycles. The van der Waals surface area contributed by atoms with E-state index < -0.39 is 35.0 Å². The fraction of sp³-hybridized carbons (Fsp3) is 0.500. The van der Waals surface area contributed by atoms with Gasteiger partial charge in [-0.1, -0.05) is 0 Å². The minimum Gasteiger partial charge on any atom is -0.481 e. The number of rotatable bonds is 7. The highest BCUT2D eigenvalue weighted by molar-refractivity contribution is 5.71. The Morgan fingerprint density at radius 3 is 2.48 bits per heavy atom. The van der Waals surface area contributed by atoms with E-state index in [0.29, 0.717) is 5.56 Å². The number of hydrogen-bond donors (Lipinski definition) is 3. The molecule has 0 saturated heterocycles. The number of carboxylic acid groups (broad SMARTS) is 1. The molecule has 0 aliphatic rings. The van der Waals surface area contributed by atoms with Gasteiger partial charge in [0.05, 0.1) is 18.0 Å². The van der Waals surface area contributed by atoms with Crippen LogP contribution in [-0.4, -0.2) is 38.8 Å². The Labute approximate surface area is 144 Å². The van der Waals surface area contributed by atoms with Crippen molar-refractivity contribution in [2.45, 2.75) is 51.9 Å². The smallest absolute Gasteiger partial charge is 0.407 e. The summed E-state index contributed by atoms with van der Waals surface area (Å²) in [6, 6.07) is 3.17. The molecule has 25 heavy (non-hydrogen) atoms. The van der Waals surface area contributed by atoms with Crippen LogP contribution in [0.15, 0.2) is 18.2 Å². The molecule has 9 nitrogen and oxygen atoms in total. The minimum absolute atomic E-state index is 0.0876. The van der Waals surface area contributed by atoms with Crippen molar-refractivity contribution in [3.8, 4) is 0 Å². The second-order valence-electron chi connectivity index (χ2n) is 6.52. The maximum Gasteiger partial charge on any atom is 0.407 e. The molecule has 0 fully saturated rings. The molecule has 138 valence electrons. The van der Waals surface area contributed by atoms with Gasteiger partial charge in [-0.3, -0.25) is 14.9 Å². The molecule has 0 unspecified atom stereocenters. The van der Waals surface area contributed by atoms with Gasteiger partial charge in [-0.25, -0.2) is 4.79 Å². The monoisotopic (exact) mass is 354 g/mol. The number of aliphatic hydroxyl groups is 1. The van der Waals surface area contributed by atoms with Crippen molar-refractivity contribution in [1.29, 1.82) is 0 Å². The topological polar surface area (TPSA) is 139 Å². The van der Waals surface area contributed by atoms with Gasteiger partial charge in [-0.05, 0) is 38.5 Å². The van der Waals surface area contributed by atoms with E-state index in [1.54, 1.807) is 20.8 Å². The predicted molar refractivity (Wildman–Crippen MR) is 88.1 cm³/mol. The second kappa shape index (κ2) is 8.43. The van der Waals surface area contributed by atoms with Crippen molar-refractivity contribution in [3.05, 3.63) is 39.4 Å². The fourth-order valence-electron chi connectivity index (χ4n) is 2.20. The maximum absolute atomic E-state index is 11.9. The van der Waals surface area contributed by atoms with Gasteiger partial charge in [-0.15, -0.1) is 0 Å². The maximum atomic E-state index is 11.9. The van der Waals surface area contributed by atoms with Crippen molar-refractivity contribution < 1.29 is 29.5 Å². The van der Waals surface area contributed by atoms with Crippen LogP contribution in [0.1, 0.15) is 38.3 Å². The molecule has 0 spiro atoms. The Bertz CT molecular complexity index is 652. The summed E-state index contributed by atoms with van der Waals surface area (Å²) in [7, 11) is 0. The molecule has 9 heteroatoms. The zero-order chi connectivity index (χ0) is 19.2. The van der Waals surface area contributed by atoms with E-state index in [-0.39, 0.29) is 24.3 Å². The fourth-order valence-corrected chi connectivity index (χ4v) is 2.20. The molecule has 1 atom stereocenters. The number of alkyl carbamates (subject to hydrolysis) is 1. The molecule has 0 aromatic heterocycles. The number of nitrogens with zero attached hydrogens (tertiary/aromatic N) is 1. The Morgan fingerprint density at radius 2 is 2.00 bits per heavy atom. The van der Waals surface area contributed by atoms with Crippen LogP contribution in [0, 0.1) is 10.1 Å². The first-order valence-corrected chi connectivity index (χ1v) is 7.60. The summed E-state index contributed by atoms with van der Waals surface area (Å²) in [5.74, 6) is -1.16. The number of aliphatic carboxylic acids is 1. The second-order valence-corrected chi connectivity index (χ2v) is 6.52. The van der Waals surface area contributed by atoms with E-state index in [0.717, 1.165) is 0 Å². The molecule has 0 aliphatic carbocycles. The molecule has 1 aromatic rings. The molecular weight excluding hydrogens is 332 g/mol. The lowest BCUT2D eigenvalue weighted by Gasteiger charge is -2.23. The normalized spacial score (nSPS) is 12.3. The van der Waals surface area contributed by atoms with Gasteiger partial charge in [0.2, 0.25) is 0 Å². The standard InChI is InChI=1S/C16H22N2O7/c1-16(2,3)25-15(22)17-12(8-14(20)21)7-11-6-10(9-19)4-5-13(11)18(23)24/h4-6,12,19H,7-9H2,1-3H3,(H,17,22)(H,20,21)/t12-/m0/s1. The first kappa shape index (κ1) is 20.4. The summed E-state index contributed by atoms with van der Waals surface area (Å²) in [4.78, 5) is 33.5. The lowest BCUT2D eigenvalue weighted by atomic mass is 9.99. The zero-order valence-corrected chi connectivity index (χ0v) is 14.3. The zero-order valence-electron chi connectivity index (χ0n) is 14.3. The summed E-state index contributed by atoms with van der Waals surface area (Å²) in [6.45, 7) is 4.67. The highest BCUT2D eigenvalue weighted by Crippen LogP contribution is 2.22. The number of carbonyl (C=O) groups excluding carboxylic acids is 1. The average molecular weight is 354 g/mol. The van der Waals surface area contributed by atoms with Crippen LogP contribution in [0.4, 0.5) is 10.5 Å². The molecule has 3 N–H and O–H groups in total.